The zero-order valence-electron chi connectivity index (χ0n) is 7.06. The van der Waals surface area contributed by atoms with E-state index in [0.29, 0.717) is 6.61 Å². The molecule has 0 amide bonds. The van der Waals surface area contributed by atoms with E-state index in [2.05, 4.69) is 0 Å². The highest BCUT2D eigenvalue weighted by atomic mass is 19.3. The molecule has 72 valence electrons. The van der Waals surface area contributed by atoms with Crippen LogP contribution in [-0.2, 0) is 4.74 Å². The van der Waals surface area contributed by atoms with Crippen molar-refractivity contribution in [1.82, 2.24) is 0 Å². The minimum absolute atomic E-state index is 0.219. The van der Waals surface area contributed by atoms with Crippen LogP contribution in [0.25, 0.3) is 0 Å². The van der Waals surface area contributed by atoms with Gasteiger partial charge in [-0.15, -0.1) is 0 Å². The normalized spacial score (nSPS) is 25.8. The molecule has 1 aliphatic rings. The van der Waals surface area contributed by atoms with E-state index in [9.17, 15) is 8.78 Å². The molecule has 0 bridgehead atoms. The van der Waals surface area contributed by atoms with Crippen LogP contribution >= 0.6 is 0 Å². The van der Waals surface area contributed by atoms with Crippen molar-refractivity contribution in [3.8, 4) is 0 Å². The smallest absolute Gasteiger partial charge is 0.262 e. The molecule has 0 spiro atoms. The Bertz CT molecular complexity index is 135. The van der Waals surface area contributed by atoms with E-state index in [4.69, 9.17) is 10.5 Å². The fourth-order valence-electron chi connectivity index (χ4n) is 1.38. The Balaban J connectivity index is 2.28. The van der Waals surface area contributed by atoms with Gasteiger partial charge in [0.25, 0.3) is 5.92 Å². The van der Waals surface area contributed by atoms with Crippen molar-refractivity contribution in [2.24, 2.45) is 5.73 Å². The fraction of sp³-hybridized carbons (Fsp3) is 1.00. The lowest BCUT2D eigenvalue weighted by molar-refractivity contribution is -0.0731. The maximum absolute atomic E-state index is 12.7. The van der Waals surface area contributed by atoms with Gasteiger partial charge in [-0.05, 0) is 19.3 Å². The monoisotopic (exact) mass is 179 g/mol. The van der Waals surface area contributed by atoms with E-state index in [-0.39, 0.29) is 12.5 Å². The van der Waals surface area contributed by atoms with E-state index < -0.39 is 12.5 Å². The van der Waals surface area contributed by atoms with Crippen LogP contribution in [0, 0.1) is 0 Å². The van der Waals surface area contributed by atoms with Crippen molar-refractivity contribution in [2.45, 2.75) is 37.7 Å². The molecular formula is C8H15F2NO. The zero-order valence-corrected chi connectivity index (χ0v) is 7.06. The molecule has 0 saturated carbocycles. The first-order chi connectivity index (χ1) is 5.64. The number of hydrogen-bond donors (Lipinski definition) is 1. The predicted molar refractivity (Wildman–Crippen MR) is 42.2 cm³/mol. The van der Waals surface area contributed by atoms with Crippen LogP contribution in [0.5, 0.6) is 0 Å². The van der Waals surface area contributed by atoms with Gasteiger partial charge in [-0.2, -0.15) is 0 Å². The Kier molecular flexibility index (Phi) is 3.40. The quantitative estimate of drug-likeness (QED) is 0.713. The average molecular weight is 179 g/mol. The minimum atomic E-state index is -2.75. The first-order valence-corrected chi connectivity index (χ1v) is 4.33. The highest BCUT2D eigenvalue weighted by molar-refractivity contribution is 4.75. The van der Waals surface area contributed by atoms with E-state index >= 15 is 0 Å². The summed E-state index contributed by atoms with van der Waals surface area (Å²) in [5.74, 6) is -2.75. The van der Waals surface area contributed by atoms with Gasteiger partial charge in [-0.25, -0.2) is 8.78 Å². The number of rotatable bonds is 3. The highest BCUT2D eigenvalue weighted by Gasteiger charge is 2.32. The van der Waals surface area contributed by atoms with E-state index in [1.54, 1.807) is 0 Å². The molecule has 1 rings (SSSR count). The average Bonchev–Trinajstić information content (AvgIpc) is 2.06. The molecule has 1 heterocycles. The summed E-state index contributed by atoms with van der Waals surface area (Å²) in [4.78, 5) is 0. The van der Waals surface area contributed by atoms with E-state index in [1.165, 1.54) is 0 Å². The van der Waals surface area contributed by atoms with Crippen LogP contribution in [0.1, 0.15) is 25.7 Å². The molecule has 1 fully saturated rings. The summed E-state index contributed by atoms with van der Waals surface area (Å²) in [6, 6.07) is 0. The third-order valence-corrected chi connectivity index (χ3v) is 2.10. The largest absolute Gasteiger partial charge is 0.378 e. The third-order valence-electron chi connectivity index (χ3n) is 2.10. The second-order valence-corrected chi connectivity index (χ2v) is 3.25. The molecule has 2 nitrogen and oxygen atoms in total. The fourth-order valence-corrected chi connectivity index (χ4v) is 1.38. The van der Waals surface area contributed by atoms with Gasteiger partial charge in [0, 0.05) is 13.0 Å². The third kappa shape index (κ3) is 3.03. The summed E-state index contributed by atoms with van der Waals surface area (Å²) < 4.78 is 30.6. The molecule has 4 heteroatoms. The van der Waals surface area contributed by atoms with Crippen molar-refractivity contribution in [3.05, 3.63) is 0 Å². The summed E-state index contributed by atoms with van der Waals surface area (Å²) in [5.41, 5.74) is 4.92. The molecule has 1 aliphatic heterocycles. The second kappa shape index (κ2) is 4.14. The SMILES string of the molecule is NCC(F)(F)CC1CCCCO1. The Morgan fingerprint density at radius 2 is 2.17 bits per heavy atom. The molecule has 0 aromatic heterocycles. The van der Waals surface area contributed by atoms with Crippen molar-refractivity contribution in [1.29, 1.82) is 0 Å². The Labute approximate surface area is 71.1 Å². The van der Waals surface area contributed by atoms with Crippen molar-refractivity contribution < 1.29 is 13.5 Å². The number of ether oxygens (including phenoxy) is 1. The molecule has 0 aliphatic carbocycles. The van der Waals surface area contributed by atoms with E-state index in [1.807, 2.05) is 0 Å². The summed E-state index contributed by atoms with van der Waals surface area (Å²) in [6.07, 6.45) is 2.23. The van der Waals surface area contributed by atoms with Crippen LogP contribution in [0.4, 0.5) is 8.78 Å². The number of alkyl halides is 2. The van der Waals surface area contributed by atoms with Gasteiger partial charge in [0.15, 0.2) is 0 Å². The van der Waals surface area contributed by atoms with Crippen LogP contribution in [0.3, 0.4) is 0 Å². The molecule has 0 radical (unpaired) electrons. The summed E-state index contributed by atoms with van der Waals surface area (Å²) >= 11 is 0. The van der Waals surface area contributed by atoms with Crippen molar-refractivity contribution in [3.63, 3.8) is 0 Å². The Hall–Kier alpha value is -0.220. The number of halogens is 2. The van der Waals surface area contributed by atoms with Gasteiger partial charge in [-0.1, -0.05) is 0 Å². The lowest BCUT2D eigenvalue weighted by atomic mass is 10.0. The molecule has 2 N–H and O–H groups in total. The first-order valence-electron chi connectivity index (χ1n) is 4.33. The maximum Gasteiger partial charge on any atom is 0.262 e. The van der Waals surface area contributed by atoms with Crippen molar-refractivity contribution in [2.75, 3.05) is 13.2 Å². The summed E-state index contributed by atoms with van der Waals surface area (Å²) in [5, 5.41) is 0. The minimum Gasteiger partial charge on any atom is -0.378 e. The van der Waals surface area contributed by atoms with Crippen LogP contribution in [0.15, 0.2) is 0 Å². The lowest BCUT2D eigenvalue weighted by Crippen LogP contribution is -2.34. The van der Waals surface area contributed by atoms with Crippen LogP contribution in [-0.4, -0.2) is 25.2 Å². The molecule has 1 saturated heterocycles. The Morgan fingerprint density at radius 3 is 2.67 bits per heavy atom. The van der Waals surface area contributed by atoms with Crippen LogP contribution < -0.4 is 5.73 Å². The van der Waals surface area contributed by atoms with Gasteiger partial charge >= 0.3 is 0 Å². The highest BCUT2D eigenvalue weighted by Crippen LogP contribution is 2.25. The summed E-state index contributed by atoms with van der Waals surface area (Å²) in [6.45, 7) is 0.0399. The second-order valence-electron chi connectivity index (χ2n) is 3.25. The molecule has 0 aromatic carbocycles. The van der Waals surface area contributed by atoms with Gasteiger partial charge < -0.3 is 10.5 Å². The maximum atomic E-state index is 12.7. The van der Waals surface area contributed by atoms with Gasteiger partial charge in [0.1, 0.15) is 0 Å². The lowest BCUT2D eigenvalue weighted by Gasteiger charge is -2.25. The topological polar surface area (TPSA) is 35.2 Å². The molecule has 1 atom stereocenters. The van der Waals surface area contributed by atoms with Crippen LogP contribution in [0.2, 0.25) is 0 Å². The molecule has 0 aromatic rings. The Morgan fingerprint density at radius 1 is 1.42 bits per heavy atom. The van der Waals surface area contributed by atoms with Gasteiger partial charge in [-0.3, -0.25) is 0 Å². The first kappa shape index (κ1) is 9.86. The standard InChI is InChI=1S/C8H15F2NO/c9-8(10,6-11)5-7-3-1-2-4-12-7/h7H,1-6,11H2. The predicted octanol–water partition coefficient (Wildman–Crippen LogP) is 1.54. The molecule has 1 unspecified atom stereocenters. The van der Waals surface area contributed by atoms with Gasteiger partial charge in [0.2, 0.25) is 0 Å². The summed E-state index contributed by atoms with van der Waals surface area (Å²) in [7, 11) is 0. The number of hydrogen-bond acceptors (Lipinski definition) is 2. The van der Waals surface area contributed by atoms with Crippen molar-refractivity contribution >= 4 is 0 Å². The number of nitrogens with two attached hydrogens (primary N) is 1. The zero-order chi connectivity index (χ0) is 9.03. The molecule has 12 heavy (non-hydrogen) atoms. The van der Waals surface area contributed by atoms with Gasteiger partial charge in [0.05, 0.1) is 12.6 Å². The molecular weight excluding hydrogens is 164 g/mol. The van der Waals surface area contributed by atoms with E-state index in [0.717, 1.165) is 19.3 Å².